The summed E-state index contributed by atoms with van der Waals surface area (Å²) < 4.78 is 11.8. The molecule has 0 fully saturated rings. The summed E-state index contributed by atoms with van der Waals surface area (Å²) in [7, 11) is 0. The molecule has 0 spiro atoms. The van der Waals surface area contributed by atoms with Gasteiger partial charge in [-0.15, -0.1) is 34.1 Å². The number of nitrogens with one attached hydrogen (secondary N) is 1. The molecule has 456 valence electrons. The summed E-state index contributed by atoms with van der Waals surface area (Å²) in [5.74, 6) is 4.05. The van der Waals surface area contributed by atoms with E-state index in [0.29, 0.717) is 12.3 Å². The van der Waals surface area contributed by atoms with Gasteiger partial charge in [-0.05, 0) is 50.0 Å². The molecule has 0 aromatic heterocycles. The summed E-state index contributed by atoms with van der Waals surface area (Å²) >= 11 is 19.1. The van der Waals surface area contributed by atoms with Crippen molar-refractivity contribution in [2.45, 2.75) is 354 Å². The fourth-order valence-corrected chi connectivity index (χ4v) is 22.8. The lowest BCUT2D eigenvalue weighted by Gasteiger charge is -2.08. The van der Waals surface area contributed by atoms with Crippen molar-refractivity contribution >= 4 is 85.2 Å². The third-order valence-corrected chi connectivity index (χ3v) is 31.3. The average molecular weight is 1220 g/mol. The molecule has 1 amide bonds. The van der Waals surface area contributed by atoms with E-state index in [1.165, 1.54) is 345 Å². The van der Waals surface area contributed by atoms with Crippen molar-refractivity contribution in [2.24, 2.45) is 0 Å². The van der Waals surface area contributed by atoms with Gasteiger partial charge in [0, 0.05) is 48.8 Å². The molecule has 0 radical (unpaired) electrons. The molecule has 2 unspecified atom stereocenters. The highest BCUT2D eigenvalue weighted by Crippen LogP contribution is 2.51. The van der Waals surface area contributed by atoms with Gasteiger partial charge in [-0.2, -0.15) is 0 Å². The van der Waals surface area contributed by atoms with Crippen LogP contribution in [0, 0.1) is 0 Å². The molecule has 0 rings (SSSR count). The van der Waals surface area contributed by atoms with Gasteiger partial charge >= 0.3 is 0 Å². The van der Waals surface area contributed by atoms with Crippen LogP contribution in [-0.2, 0) is 37.9 Å². The van der Waals surface area contributed by atoms with Gasteiger partial charge in [0.15, 0.2) is 0 Å². The quantitative estimate of drug-likeness (QED) is 0.0365. The van der Waals surface area contributed by atoms with E-state index in [9.17, 15) is 4.79 Å². The Balaban J connectivity index is 3.28. The maximum Gasteiger partial charge on any atom is 0.221 e. The zero-order valence-electron chi connectivity index (χ0n) is 50.8. The van der Waals surface area contributed by atoms with Crippen LogP contribution in [-0.4, -0.2) is 55.5 Å². The Labute approximate surface area is 504 Å². The topological polar surface area (TPSA) is 47.6 Å². The van der Waals surface area contributed by atoms with Crippen molar-refractivity contribution in [3.05, 3.63) is 0 Å². The van der Waals surface area contributed by atoms with E-state index in [4.69, 9.17) is 33.1 Å². The van der Waals surface area contributed by atoms with Gasteiger partial charge in [0.25, 0.3) is 0 Å². The second-order valence-electron chi connectivity index (χ2n) is 22.6. The van der Waals surface area contributed by atoms with Gasteiger partial charge in [0.05, 0.1) is 5.88 Å². The molecule has 0 heterocycles. The van der Waals surface area contributed by atoms with Gasteiger partial charge in [-0.3, -0.25) is 4.79 Å². The standard InChI is InChI=1S/C64H131NO3P2S6/c1-3-5-7-9-11-13-15-19-25-31-37-43-49-56-67-58-51-45-39-33-27-21-17-23-29-35-41-47-53-60-73-69(71)75-62-55-64(66)65-63-76-70(72)74-61-54-48-42-36-30-24-18-22-28-34-40-46-52-59-68-57-50-44-38-32-26-20-16-14-12-10-8-6-4-2/h69-70H,3-63H2,1-2H3,(H,65,66). The van der Waals surface area contributed by atoms with E-state index in [1.807, 2.05) is 34.1 Å². The van der Waals surface area contributed by atoms with Crippen molar-refractivity contribution in [1.82, 2.24) is 5.32 Å². The van der Waals surface area contributed by atoms with Crippen LogP contribution in [0.2, 0.25) is 0 Å². The maximum atomic E-state index is 12.4. The molecule has 0 bridgehead atoms. The molecule has 0 aliphatic rings. The molecule has 0 aromatic carbocycles. The van der Waals surface area contributed by atoms with E-state index < -0.39 is 10.2 Å². The Morgan fingerprint density at radius 3 is 0.776 bits per heavy atom. The fourth-order valence-electron chi connectivity index (χ4n) is 10.0. The predicted octanol–water partition coefficient (Wildman–Crippen LogP) is 24.8. The molecule has 0 aliphatic carbocycles. The predicted molar refractivity (Wildman–Crippen MR) is 367 cm³/mol. The Morgan fingerprint density at radius 2 is 0.513 bits per heavy atom. The van der Waals surface area contributed by atoms with Crippen molar-refractivity contribution < 1.29 is 14.3 Å². The van der Waals surface area contributed by atoms with E-state index >= 15 is 0 Å². The molecule has 0 aromatic rings. The third kappa shape index (κ3) is 70.4. The highest BCUT2D eigenvalue weighted by Gasteiger charge is 2.06. The second kappa shape index (κ2) is 71.4. The summed E-state index contributed by atoms with van der Waals surface area (Å²) in [6, 6.07) is 0. The lowest BCUT2D eigenvalue weighted by Crippen LogP contribution is -2.22. The Kier molecular flexibility index (Phi) is 73.3. The molecule has 0 saturated carbocycles. The summed E-state index contributed by atoms with van der Waals surface area (Å²) in [6.07, 6.45) is 73.0. The number of carbonyl (C=O) groups is 1. The minimum Gasteiger partial charge on any atom is -0.381 e. The number of hydrogen-bond donors (Lipinski definition) is 1. The van der Waals surface area contributed by atoms with Crippen LogP contribution in [0.15, 0.2) is 0 Å². The first-order valence-electron chi connectivity index (χ1n) is 33.6. The summed E-state index contributed by atoms with van der Waals surface area (Å²) in [6.45, 7) is 8.50. The van der Waals surface area contributed by atoms with Crippen LogP contribution in [0.5, 0.6) is 0 Å². The van der Waals surface area contributed by atoms with Crippen LogP contribution in [0.25, 0.3) is 0 Å². The van der Waals surface area contributed by atoms with E-state index in [1.54, 1.807) is 11.4 Å². The van der Waals surface area contributed by atoms with Crippen LogP contribution in [0.3, 0.4) is 0 Å². The van der Waals surface area contributed by atoms with Crippen molar-refractivity contribution in [2.75, 3.05) is 49.6 Å². The third-order valence-electron chi connectivity index (χ3n) is 15.1. The lowest BCUT2D eigenvalue weighted by molar-refractivity contribution is -0.120. The lowest BCUT2D eigenvalue weighted by atomic mass is 10.0. The number of amides is 1. The van der Waals surface area contributed by atoms with E-state index in [-0.39, 0.29) is 5.91 Å². The number of ether oxygens (including phenoxy) is 2. The first-order chi connectivity index (χ1) is 37.6. The van der Waals surface area contributed by atoms with Gasteiger partial charge in [0.2, 0.25) is 5.91 Å². The summed E-state index contributed by atoms with van der Waals surface area (Å²) in [5, 5.41) is 1.31. The van der Waals surface area contributed by atoms with Crippen LogP contribution < -0.4 is 5.32 Å². The number of carbonyl (C=O) groups excluding carboxylic acids is 1. The summed E-state index contributed by atoms with van der Waals surface area (Å²) in [5.41, 5.74) is 0. The molecule has 0 saturated heterocycles. The maximum absolute atomic E-state index is 12.4. The zero-order chi connectivity index (χ0) is 54.8. The molecule has 1 N–H and O–H groups in total. The molecule has 76 heavy (non-hydrogen) atoms. The first kappa shape index (κ1) is 78.1. The fraction of sp³-hybridized carbons (Fsp3) is 0.984. The van der Waals surface area contributed by atoms with Gasteiger partial charge < -0.3 is 14.8 Å². The molecular formula is C64H131NO3P2S6. The van der Waals surface area contributed by atoms with Gasteiger partial charge in [-0.1, -0.05) is 344 Å². The normalized spacial score (nSPS) is 12.5. The van der Waals surface area contributed by atoms with E-state index in [0.717, 1.165) is 32.2 Å². The van der Waals surface area contributed by atoms with Crippen molar-refractivity contribution in [3.8, 4) is 0 Å². The number of unbranched alkanes of at least 4 members (excludes halogenated alkanes) is 48. The monoisotopic (exact) mass is 1220 g/mol. The Hall–Kier alpha value is 2.09. The van der Waals surface area contributed by atoms with Crippen molar-refractivity contribution in [3.63, 3.8) is 0 Å². The summed E-state index contributed by atoms with van der Waals surface area (Å²) in [4.78, 5) is 12.4. The number of rotatable bonds is 69. The van der Waals surface area contributed by atoms with Crippen LogP contribution in [0.4, 0.5) is 0 Å². The SMILES string of the molecule is CCCCCCCCCCCCCCCOCCCCCCCCCCCCCCCS[PH](=S)SCCC(=O)NCS[PH](=S)SCCCCCCCCCCCCCCCOCCCCCCCCCCCCCCC. The average Bonchev–Trinajstić information content (AvgIpc) is 3.42. The van der Waals surface area contributed by atoms with Crippen molar-refractivity contribution in [1.29, 1.82) is 0 Å². The first-order valence-corrected chi connectivity index (χ1v) is 45.7. The zero-order valence-corrected chi connectivity index (χ0v) is 57.7. The number of hydrogen-bond acceptors (Lipinski definition) is 9. The molecular weight excluding hydrogens is 1090 g/mol. The Morgan fingerprint density at radius 1 is 0.303 bits per heavy atom. The van der Waals surface area contributed by atoms with Gasteiger partial charge in [0.1, 0.15) is 0 Å². The minimum atomic E-state index is -0.912. The van der Waals surface area contributed by atoms with Crippen LogP contribution in [0.1, 0.15) is 354 Å². The smallest absolute Gasteiger partial charge is 0.221 e. The Bertz CT molecular complexity index is 1080. The van der Waals surface area contributed by atoms with Crippen LogP contribution >= 0.6 is 55.7 Å². The molecule has 12 heteroatoms. The van der Waals surface area contributed by atoms with E-state index in [2.05, 4.69) is 19.2 Å². The molecule has 4 nitrogen and oxygen atoms in total. The largest absolute Gasteiger partial charge is 0.381 e. The van der Waals surface area contributed by atoms with Gasteiger partial charge in [-0.25, -0.2) is 0 Å². The minimum absolute atomic E-state index is 0.155. The molecule has 2 atom stereocenters. The second-order valence-corrected chi connectivity index (χ2v) is 41.7. The molecule has 0 aliphatic heterocycles. The highest BCUT2D eigenvalue weighted by molar-refractivity contribution is 8.94. The highest BCUT2D eigenvalue weighted by atomic mass is 33.2.